The molecule has 0 aromatic carbocycles. The summed E-state index contributed by atoms with van der Waals surface area (Å²) < 4.78 is 0. The molecule has 1 aromatic heterocycles. The van der Waals surface area contributed by atoms with E-state index in [0.717, 1.165) is 0 Å². The third-order valence-electron chi connectivity index (χ3n) is 3.36. The van der Waals surface area contributed by atoms with Crippen LogP contribution in [-0.4, -0.2) is 26.2 Å². The number of hydrogen-bond acceptors (Lipinski definition) is 4. The summed E-state index contributed by atoms with van der Waals surface area (Å²) in [5, 5.41) is 25.8. The fraction of sp³-hybridized carbons (Fsp3) is 0.556. The van der Waals surface area contributed by atoms with E-state index < -0.39 is 21.7 Å². The van der Waals surface area contributed by atoms with Crippen molar-refractivity contribution in [1.29, 1.82) is 0 Å². The van der Waals surface area contributed by atoms with Crippen molar-refractivity contribution in [3.8, 4) is 0 Å². The van der Waals surface area contributed by atoms with Crippen molar-refractivity contribution in [3.05, 3.63) is 21.9 Å². The molecule has 0 saturated heterocycles. The van der Waals surface area contributed by atoms with Gasteiger partial charge in [-0.2, -0.15) is 0 Å². The molecule has 2 N–H and O–H groups in total. The van der Waals surface area contributed by atoms with E-state index in [1.807, 2.05) is 0 Å². The number of hydrogen-bond donors (Lipinski definition) is 2. The van der Waals surface area contributed by atoms with Gasteiger partial charge in [0.15, 0.2) is 0 Å². The van der Waals surface area contributed by atoms with Crippen LogP contribution in [0.25, 0.3) is 0 Å². The Morgan fingerprint density at radius 3 is 2.62 bits per heavy atom. The molecule has 0 amide bonds. The standard InChI is InChI=1S/C9H11N3O4/c1-8(2)4-9(8,7(13)14)5-3-10-11-6(5)12(15)16/h3H,4H2,1-2H3,(H,10,11)(H,13,14). The second-order valence-electron chi connectivity index (χ2n) is 4.66. The molecule has 7 nitrogen and oxygen atoms in total. The van der Waals surface area contributed by atoms with Crippen molar-refractivity contribution in [3.63, 3.8) is 0 Å². The molecule has 0 bridgehead atoms. The predicted octanol–water partition coefficient (Wildman–Crippen LogP) is 1.07. The van der Waals surface area contributed by atoms with E-state index in [1.54, 1.807) is 13.8 Å². The quantitative estimate of drug-likeness (QED) is 0.590. The average molecular weight is 225 g/mol. The highest BCUT2D eigenvalue weighted by molar-refractivity contribution is 5.88. The van der Waals surface area contributed by atoms with Crippen molar-refractivity contribution >= 4 is 11.8 Å². The van der Waals surface area contributed by atoms with Crippen LogP contribution in [0.5, 0.6) is 0 Å². The van der Waals surface area contributed by atoms with Crippen molar-refractivity contribution in [1.82, 2.24) is 10.2 Å². The fourth-order valence-corrected chi connectivity index (χ4v) is 2.29. The van der Waals surface area contributed by atoms with Crippen LogP contribution in [0.3, 0.4) is 0 Å². The minimum absolute atomic E-state index is 0.162. The molecule has 1 heterocycles. The van der Waals surface area contributed by atoms with E-state index >= 15 is 0 Å². The van der Waals surface area contributed by atoms with E-state index in [-0.39, 0.29) is 11.4 Å². The molecule has 86 valence electrons. The van der Waals surface area contributed by atoms with Gasteiger partial charge in [0, 0.05) is 0 Å². The zero-order valence-electron chi connectivity index (χ0n) is 8.85. The first-order valence-corrected chi connectivity index (χ1v) is 4.74. The number of H-pyrrole nitrogens is 1. The Hall–Kier alpha value is -1.92. The third kappa shape index (κ3) is 1.08. The fourth-order valence-electron chi connectivity index (χ4n) is 2.29. The molecule has 1 saturated carbocycles. The molecule has 1 atom stereocenters. The van der Waals surface area contributed by atoms with Gasteiger partial charge in [0.05, 0.1) is 11.8 Å². The molecule has 1 unspecified atom stereocenters. The summed E-state index contributed by atoms with van der Waals surface area (Å²) in [5.41, 5.74) is -1.49. The van der Waals surface area contributed by atoms with Crippen molar-refractivity contribution in [2.45, 2.75) is 25.7 Å². The number of aromatic nitrogens is 2. The molecule has 16 heavy (non-hydrogen) atoms. The molecule has 2 rings (SSSR count). The lowest BCUT2D eigenvalue weighted by molar-refractivity contribution is -0.390. The van der Waals surface area contributed by atoms with E-state index in [0.29, 0.717) is 6.42 Å². The molecular formula is C9H11N3O4. The number of carbonyl (C=O) groups is 1. The summed E-state index contributed by atoms with van der Waals surface area (Å²) in [7, 11) is 0. The van der Waals surface area contributed by atoms with Gasteiger partial charge in [-0.05, 0) is 16.8 Å². The molecule has 0 aliphatic heterocycles. The SMILES string of the molecule is CC1(C)CC1(C(=O)O)c1cn[nH]c1[N+](=O)[O-]. The van der Waals surface area contributed by atoms with Crippen LogP contribution in [0.1, 0.15) is 25.8 Å². The first-order chi connectivity index (χ1) is 7.33. The number of carboxylic acids is 1. The maximum Gasteiger partial charge on any atom is 0.346 e. The Labute approximate surface area is 90.6 Å². The third-order valence-corrected chi connectivity index (χ3v) is 3.36. The minimum Gasteiger partial charge on any atom is -0.481 e. The maximum absolute atomic E-state index is 11.3. The summed E-state index contributed by atoms with van der Waals surface area (Å²) in [6, 6.07) is 0. The van der Waals surface area contributed by atoms with Crippen molar-refractivity contribution in [2.24, 2.45) is 5.41 Å². The van der Waals surface area contributed by atoms with Gasteiger partial charge in [-0.25, -0.2) is 0 Å². The lowest BCUT2D eigenvalue weighted by atomic mass is 9.89. The van der Waals surface area contributed by atoms with Crippen LogP contribution in [-0.2, 0) is 10.2 Å². The topological polar surface area (TPSA) is 109 Å². The van der Waals surface area contributed by atoms with E-state index in [2.05, 4.69) is 10.2 Å². The van der Waals surface area contributed by atoms with Gasteiger partial charge in [0.1, 0.15) is 5.41 Å². The molecule has 0 spiro atoms. The molecular weight excluding hydrogens is 214 g/mol. The van der Waals surface area contributed by atoms with Crippen LogP contribution in [0, 0.1) is 15.5 Å². The summed E-state index contributed by atoms with van der Waals surface area (Å²) in [6.07, 6.45) is 1.62. The number of aromatic amines is 1. The van der Waals surface area contributed by atoms with Gasteiger partial charge in [0.25, 0.3) is 0 Å². The predicted molar refractivity (Wildman–Crippen MR) is 53.0 cm³/mol. The number of nitro groups is 1. The molecule has 1 fully saturated rings. The van der Waals surface area contributed by atoms with Gasteiger partial charge in [-0.3, -0.25) is 4.79 Å². The van der Waals surface area contributed by atoms with E-state index in [4.69, 9.17) is 0 Å². The van der Waals surface area contributed by atoms with Gasteiger partial charge in [-0.15, -0.1) is 5.10 Å². The Morgan fingerprint density at radius 1 is 1.69 bits per heavy atom. The molecule has 7 heteroatoms. The van der Waals surface area contributed by atoms with Crippen LogP contribution in [0.4, 0.5) is 5.82 Å². The average Bonchev–Trinajstić information content (AvgIpc) is 2.61. The number of aliphatic carboxylic acids is 1. The monoisotopic (exact) mass is 225 g/mol. The summed E-state index contributed by atoms with van der Waals surface area (Å²) in [5.74, 6) is -1.37. The molecule has 1 aromatic rings. The van der Waals surface area contributed by atoms with E-state index in [1.165, 1.54) is 6.20 Å². The lowest BCUT2D eigenvalue weighted by Gasteiger charge is -2.13. The van der Waals surface area contributed by atoms with Gasteiger partial charge in [0.2, 0.25) is 0 Å². The second-order valence-corrected chi connectivity index (χ2v) is 4.66. The Kier molecular flexibility index (Phi) is 1.86. The summed E-state index contributed by atoms with van der Waals surface area (Å²) in [4.78, 5) is 21.4. The second kappa shape index (κ2) is 2.81. The highest BCUT2D eigenvalue weighted by atomic mass is 16.6. The zero-order chi connectivity index (χ0) is 12.1. The lowest BCUT2D eigenvalue weighted by Crippen LogP contribution is -2.25. The Morgan fingerprint density at radius 2 is 2.25 bits per heavy atom. The van der Waals surface area contributed by atoms with Crippen LogP contribution in [0.2, 0.25) is 0 Å². The number of nitrogens with one attached hydrogen (secondary N) is 1. The minimum atomic E-state index is -1.18. The van der Waals surface area contributed by atoms with E-state index in [9.17, 15) is 20.0 Å². The molecule has 1 aliphatic carbocycles. The highest BCUT2D eigenvalue weighted by Crippen LogP contribution is 2.65. The molecule has 0 radical (unpaired) electrons. The van der Waals surface area contributed by atoms with Crippen LogP contribution in [0.15, 0.2) is 6.20 Å². The van der Waals surface area contributed by atoms with Crippen LogP contribution < -0.4 is 0 Å². The number of nitrogens with zero attached hydrogens (tertiary/aromatic N) is 2. The Bertz CT molecular complexity index is 479. The number of rotatable bonds is 3. The largest absolute Gasteiger partial charge is 0.481 e. The smallest absolute Gasteiger partial charge is 0.346 e. The summed E-state index contributed by atoms with van der Waals surface area (Å²) >= 11 is 0. The maximum atomic E-state index is 11.3. The van der Waals surface area contributed by atoms with Gasteiger partial charge in [-0.1, -0.05) is 18.9 Å². The normalized spacial score (nSPS) is 26.4. The zero-order valence-corrected chi connectivity index (χ0v) is 8.85. The van der Waals surface area contributed by atoms with Gasteiger partial charge < -0.3 is 15.2 Å². The van der Waals surface area contributed by atoms with Gasteiger partial charge >= 0.3 is 11.8 Å². The Balaban J connectivity index is 2.56. The first kappa shape index (κ1) is 10.6. The van der Waals surface area contributed by atoms with Crippen LogP contribution >= 0.6 is 0 Å². The first-order valence-electron chi connectivity index (χ1n) is 4.74. The summed E-state index contributed by atoms with van der Waals surface area (Å²) in [6.45, 7) is 3.55. The van der Waals surface area contributed by atoms with Crippen molar-refractivity contribution < 1.29 is 14.8 Å². The molecule has 1 aliphatic rings. The number of carboxylic acid groups (broad SMARTS) is 1. The van der Waals surface area contributed by atoms with Crippen molar-refractivity contribution in [2.75, 3.05) is 0 Å². The highest BCUT2D eigenvalue weighted by Gasteiger charge is 2.70.